The summed E-state index contributed by atoms with van der Waals surface area (Å²) in [6.45, 7) is 9.22. The predicted molar refractivity (Wildman–Crippen MR) is 54.0 cm³/mol. The highest BCUT2D eigenvalue weighted by Crippen LogP contribution is 2.21. The van der Waals surface area contributed by atoms with Crippen LogP contribution in [0.15, 0.2) is 11.8 Å². The summed E-state index contributed by atoms with van der Waals surface area (Å²) in [5.74, 6) is 0.701. The van der Waals surface area contributed by atoms with Gasteiger partial charge in [0.15, 0.2) is 0 Å². The normalized spacial score (nSPS) is 22.3. The van der Waals surface area contributed by atoms with Crippen LogP contribution in [0.4, 0.5) is 0 Å². The molecule has 0 bridgehead atoms. The standard InChI is InChI=1S/C11H21N/c1-4-12-8-6-5-7-11(12)9-10(2)3/h9-10H,4-8H2,1-3H3/b11-9-. The van der Waals surface area contributed by atoms with Gasteiger partial charge in [-0.1, -0.05) is 19.9 Å². The Morgan fingerprint density at radius 1 is 1.42 bits per heavy atom. The third kappa shape index (κ3) is 2.54. The van der Waals surface area contributed by atoms with Crippen molar-refractivity contribution in [3.05, 3.63) is 11.8 Å². The van der Waals surface area contributed by atoms with Crippen molar-refractivity contribution in [3.63, 3.8) is 0 Å². The zero-order valence-corrected chi connectivity index (χ0v) is 8.64. The number of allylic oxidation sites excluding steroid dienone is 2. The number of nitrogens with zero attached hydrogens (tertiary/aromatic N) is 1. The maximum absolute atomic E-state index is 2.52. The third-order valence-corrected chi connectivity index (χ3v) is 2.42. The Labute approximate surface area is 76.5 Å². The average molecular weight is 167 g/mol. The van der Waals surface area contributed by atoms with Gasteiger partial charge in [0.05, 0.1) is 0 Å². The molecule has 0 spiro atoms. The van der Waals surface area contributed by atoms with E-state index < -0.39 is 0 Å². The minimum Gasteiger partial charge on any atom is -0.375 e. The van der Waals surface area contributed by atoms with Crippen molar-refractivity contribution in [2.24, 2.45) is 5.92 Å². The van der Waals surface area contributed by atoms with Crippen molar-refractivity contribution in [1.82, 2.24) is 4.90 Å². The second-order valence-electron chi connectivity index (χ2n) is 3.94. The number of likely N-dealkylation sites (tertiary alicyclic amines) is 1. The van der Waals surface area contributed by atoms with E-state index in [0.717, 1.165) is 0 Å². The molecule has 1 heterocycles. The molecule has 0 atom stereocenters. The van der Waals surface area contributed by atoms with Crippen LogP contribution in [0.1, 0.15) is 40.0 Å². The minimum atomic E-state index is 0.701. The van der Waals surface area contributed by atoms with Crippen LogP contribution in [-0.2, 0) is 0 Å². The lowest BCUT2D eigenvalue weighted by Crippen LogP contribution is -2.27. The van der Waals surface area contributed by atoms with E-state index in [1.807, 2.05) is 0 Å². The fraction of sp³-hybridized carbons (Fsp3) is 0.818. The van der Waals surface area contributed by atoms with Gasteiger partial charge in [-0.2, -0.15) is 0 Å². The molecule has 70 valence electrons. The van der Waals surface area contributed by atoms with Crippen LogP contribution in [-0.4, -0.2) is 18.0 Å². The van der Waals surface area contributed by atoms with Gasteiger partial charge in [0.2, 0.25) is 0 Å². The lowest BCUT2D eigenvalue weighted by Gasteiger charge is -2.31. The van der Waals surface area contributed by atoms with Crippen molar-refractivity contribution in [3.8, 4) is 0 Å². The molecule has 0 aromatic rings. The maximum atomic E-state index is 2.52. The van der Waals surface area contributed by atoms with Gasteiger partial charge in [0.1, 0.15) is 0 Å². The van der Waals surface area contributed by atoms with Crippen LogP contribution in [0.5, 0.6) is 0 Å². The molecule has 1 saturated heterocycles. The SMILES string of the molecule is CCN1CCCC/C1=C/C(C)C. The van der Waals surface area contributed by atoms with Gasteiger partial charge in [-0.15, -0.1) is 0 Å². The molecule has 0 amide bonds. The van der Waals surface area contributed by atoms with E-state index >= 15 is 0 Å². The van der Waals surface area contributed by atoms with Gasteiger partial charge in [0, 0.05) is 18.8 Å². The second-order valence-corrected chi connectivity index (χ2v) is 3.94. The van der Waals surface area contributed by atoms with Gasteiger partial charge in [-0.25, -0.2) is 0 Å². The van der Waals surface area contributed by atoms with Crippen LogP contribution in [0.3, 0.4) is 0 Å². The fourth-order valence-corrected chi connectivity index (χ4v) is 1.85. The highest BCUT2D eigenvalue weighted by Gasteiger charge is 2.12. The van der Waals surface area contributed by atoms with Crippen molar-refractivity contribution < 1.29 is 0 Å². The summed E-state index contributed by atoms with van der Waals surface area (Å²) in [7, 11) is 0. The van der Waals surface area contributed by atoms with E-state index in [-0.39, 0.29) is 0 Å². The first-order valence-electron chi connectivity index (χ1n) is 5.19. The Hall–Kier alpha value is -0.460. The molecule has 1 fully saturated rings. The highest BCUT2D eigenvalue weighted by atomic mass is 15.1. The molecule has 1 aliphatic heterocycles. The molecule has 0 aliphatic carbocycles. The molecule has 12 heavy (non-hydrogen) atoms. The van der Waals surface area contributed by atoms with Gasteiger partial charge >= 0.3 is 0 Å². The molecule has 0 radical (unpaired) electrons. The second kappa shape index (κ2) is 4.54. The lowest BCUT2D eigenvalue weighted by molar-refractivity contribution is 0.301. The van der Waals surface area contributed by atoms with Gasteiger partial charge < -0.3 is 4.90 Å². The molecular weight excluding hydrogens is 146 g/mol. The molecule has 1 heteroatoms. The maximum Gasteiger partial charge on any atom is 0.0174 e. The van der Waals surface area contributed by atoms with Crippen LogP contribution in [0.2, 0.25) is 0 Å². The van der Waals surface area contributed by atoms with Crippen LogP contribution >= 0.6 is 0 Å². The van der Waals surface area contributed by atoms with Gasteiger partial charge in [-0.3, -0.25) is 0 Å². The van der Waals surface area contributed by atoms with Gasteiger partial charge in [-0.05, 0) is 32.1 Å². The fourth-order valence-electron chi connectivity index (χ4n) is 1.85. The predicted octanol–water partition coefficient (Wildman–Crippen LogP) is 3.03. The monoisotopic (exact) mass is 167 g/mol. The Morgan fingerprint density at radius 3 is 2.75 bits per heavy atom. The summed E-state index contributed by atoms with van der Waals surface area (Å²) in [6, 6.07) is 0. The largest absolute Gasteiger partial charge is 0.375 e. The molecule has 0 aromatic carbocycles. The van der Waals surface area contributed by atoms with E-state index in [0.29, 0.717) is 5.92 Å². The Morgan fingerprint density at radius 2 is 2.17 bits per heavy atom. The minimum absolute atomic E-state index is 0.701. The zero-order valence-electron chi connectivity index (χ0n) is 8.64. The first-order valence-corrected chi connectivity index (χ1v) is 5.19. The number of hydrogen-bond donors (Lipinski definition) is 0. The molecule has 0 N–H and O–H groups in total. The van der Waals surface area contributed by atoms with Crippen molar-refractivity contribution in [1.29, 1.82) is 0 Å². The third-order valence-electron chi connectivity index (χ3n) is 2.42. The smallest absolute Gasteiger partial charge is 0.0174 e. The van der Waals surface area contributed by atoms with Crippen LogP contribution in [0.25, 0.3) is 0 Å². The van der Waals surface area contributed by atoms with E-state index in [9.17, 15) is 0 Å². The van der Waals surface area contributed by atoms with Crippen molar-refractivity contribution in [2.45, 2.75) is 40.0 Å². The molecule has 0 unspecified atom stereocenters. The molecule has 0 saturated carbocycles. The van der Waals surface area contributed by atoms with E-state index in [2.05, 4.69) is 31.7 Å². The summed E-state index contributed by atoms with van der Waals surface area (Å²) < 4.78 is 0. The van der Waals surface area contributed by atoms with E-state index in [1.54, 1.807) is 5.70 Å². The summed E-state index contributed by atoms with van der Waals surface area (Å²) in [5.41, 5.74) is 1.58. The molecule has 1 aliphatic rings. The summed E-state index contributed by atoms with van der Waals surface area (Å²) in [5, 5.41) is 0. The van der Waals surface area contributed by atoms with E-state index in [1.165, 1.54) is 32.4 Å². The van der Waals surface area contributed by atoms with Crippen LogP contribution in [0, 0.1) is 5.92 Å². The van der Waals surface area contributed by atoms with E-state index in [4.69, 9.17) is 0 Å². The Bertz CT molecular complexity index is 158. The van der Waals surface area contributed by atoms with Crippen molar-refractivity contribution >= 4 is 0 Å². The first-order chi connectivity index (χ1) is 5.74. The van der Waals surface area contributed by atoms with Crippen LogP contribution < -0.4 is 0 Å². The topological polar surface area (TPSA) is 3.24 Å². The zero-order chi connectivity index (χ0) is 8.97. The Kier molecular flexibility index (Phi) is 3.64. The Balaban J connectivity index is 2.58. The molecule has 0 aromatic heterocycles. The lowest BCUT2D eigenvalue weighted by atomic mass is 10.0. The number of piperidine rings is 1. The molecular formula is C11H21N. The van der Waals surface area contributed by atoms with Gasteiger partial charge in [0.25, 0.3) is 0 Å². The summed E-state index contributed by atoms with van der Waals surface area (Å²) in [4.78, 5) is 2.52. The molecule has 1 nitrogen and oxygen atoms in total. The van der Waals surface area contributed by atoms with Crippen molar-refractivity contribution in [2.75, 3.05) is 13.1 Å². The summed E-state index contributed by atoms with van der Waals surface area (Å²) >= 11 is 0. The number of hydrogen-bond acceptors (Lipinski definition) is 1. The highest BCUT2D eigenvalue weighted by molar-refractivity contribution is 5.04. The number of rotatable bonds is 2. The molecule has 1 rings (SSSR count). The first kappa shape index (κ1) is 9.63. The average Bonchev–Trinajstić information content (AvgIpc) is 2.04. The summed E-state index contributed by atoms with van der Waals surface area (Å²) in [6.07, 6.45) is 6.48. The quantitative estimate of drug-likeness (QED) is 0.611.